The van der Waals surface area contributed by atoms with Crippen LogP contribution in [0.1, 0.15) is 119 Å². The van der Waals surface area contributed by atoms with Crippen molar-refractivity contribution >= 4 is 12.4 Å². The Kier molecular flexibility index (Phi) is 14.5. The first-order valence-electron chi connectivity index (χ1n) is 16.9. The van der Waals surface area contributed by atoms with Gasteiger partial charge in [0.25, 0.3) is 0 Å². The van der Waals surface area contributed by atoms with E-state index >= 15 is 0 Å². The third-order valence-corrected chi connectivity index (χ3v) is 8.69. The zero-order valence-electron chi connectivity index (χ0n) is 28.7. The summed E-state index contributed by atoms with van der Waals surface area (Å²) >= 11 is 0. The number of quaternary nitrogens is 1. The van der Waals surface area contributed by atoms with E-state index in [2.05, 4.69) is 62.4 Å². The lowest BCUT2D eigenvalue weighted by Gasteiger charge is -2.40. The number of hydrogen-bond acceptors (Lipinski definition) is 3. The van der Waals surface area contributed by atoms with Gasteiger partial charge in [-0.1, -0.05) is 113 Å². The highest BCUT2D eigenvalue weighted by Gasteiger charge is 2.40. The van der Waals surface area contributed by atoms with Crippen LogP contribution in [0.15, 0.2) is 48.5 Å². The van der Waals surface area contributed by atoms with Gasteiger partial charge in [0.15, 0.2) is 0 Å². The molecule has 3 atom stereocenters. The van der Waals surface area contributed by atoms with Gasteiger partial charge in [-0.3, -0.25) is 0 Å². The van der Waals surface area contributed by atoms with Crippen molar-refractivity contribution in [3.05, 3.63) is 70.8 Å². The predicted octanol–water partition coefficient (Wildman–Crippen LogP) is 6.95. The molecule has 0 bridgehead atoms. The lowest BCUT2D eigenvalue weighted by Crippen LogP contribution is -3.06. The molecule has 3 N–H and O–H groups in total. The summed E-state index contributed by atoms with van der Waals surface area (Å²) in [6.07, 6.45) is 9.97. The van der Waals surface area contributed by atoms with Crippen molar-refractivity contribution in [2.45, 2.75) is 116 Å². The zero-order chi connectivity index (χ0) is 30.9. The molecule has 0 radical (unpaired) electrons. The van der Waals surface area contributed by atoms with Crippen LogP contribution >= 0.6 is 12.4 Å². The zero-order valence-corrected chi connectivity index (χ0v) is 25.5. The van der Waals surface area contributed by atoms with Gasteiger partial charge in [0.05, 0.1) is 40.5 Å². The average Bonchev–Trinajstić information content (AvgIpc) is 2.96. The van der Waals surface area contributed by atoms with Gasteiger partial charge in [0, 0.05) is 15.2 Å². The second-order valence-corrected chi connectivity index (χ2v) is 12.2. The lowest BCUT2D eigenvalue weighted by molar-refractivity contribution is -0.860. The van der Waals surface area contributed by atoms with E-state index in [0.29, 0.717) is 13.1 Å². The maximum absolute atomic E-state index is 11.1. The number of rotatable bonds is 8. The van der Waals surface area contributed by atoms with Crippen LogP contribution in [-0.2, 0) is 0 Å². The molecule has 0 spiro atoms. The number of aliphatic hydroxyl groups is 2. The molecular weight excluding hydrogens is 528 g/mol. The molecule has 0 saturated heterocycles. The molecule has 236 valence electrons. The maximum atomic E-state index is 11.1. The Morgan fingerprint density at radius 2 is 1.15 bits per heavy atom. The fraction of sp³-hybridized carbons (Fsp3) is 0.667. The number of benzene rings is 2. The van der Waals surface area contributed by atoms with Gasteiger partial charge in [-0.15, -0.1) is 12.4 Å². The van der Waals surface area contributed by atoms with Crippen LogP contribution in [0.5, 0.6) is 0 Å². The average molecular weight is 596 g/mol. The van der Waals surface area contributed by atoms with Gasteiger partial charge in [0.1, 0.15) is 0 Å². The smallest absolute Gasteiger partial charge is 0.0886 e. The molecule has 0 aromatic heterocycles. The standard InChI is InChI=1S/2C17H27NO.2CH4.ClH/c2*1-14-7-9-15(10-8-14)16(13-18(2)3)17(19)11-5-4-6-12-17;;;/h2*7-10,16,19H,4-6,11-13H2,1-3H3;2*1H4;1H/p+1/t16-;;;;/m0..../s1/i2*2D2;;;. The minimum atomic E-state index is -0.995. The summed E-state index contributed by atoms with van der Waals surface area (Å²) in [5.41, 5.74) is 3.32. The van der Waals surface area contributed by atoms with E-state index in [4.69, 9.17) is 5.48 Å². The molecule has 2 aliphatic carbocycles. The highest BCUT2D eigenvalue weighted by molar-refractivity contribution is 5.85. The normalized spacial score (nSPS) is 21.2. The van der Waals surface area contributed by atoms with Crippen LogP contribution in [0.25, 0.3) is 0 Å². The first-order valence-corrected chi connectivity index (χ1v) is 14.6. The van der Waals surface area contributed by atoms with Gasteiger partial charge in [-0.05, 0) is 64.7 Å². The van der Waals surface area contributed by atoms with Crippen LogP contribution in [-0.4, -0.2) is 67.5 Å². The molecule has 2 aromatic carbocycles. The third kappa shape index (κ3) is 11.6. The predicted molar refractivity (Wildman–Crippen MR) is 181 cm³/mol. The van der Waals surface area contributed by atoms with Gasteiger partial charge in [-0.25, -0.2) is 0 Å². The highest BCUT2D eigenvalue weighted by atomic mass is 35.5. The van der Waals surface area contributed by atoms with Gasteiger partial charge in [0.2, 0.25) is 0 Å². The Morgan fingerprint density at radius 1 is 0.756 bits per heavy atom. The van der Waals surface area contributed by atoms with Crippen molar-refractivity contribution in [3.63, 3.8) is 0 Å². The van der Waals surface area contributed by atoms with E-state index in [1.807, 2.05) is 7.05 Å². The largest absolute Gasteiger partial charge is 0.389 e. The quantitative estimate of drug-likeness (QED) is 0.309. The summed E-state index contributed by atoms with van der Waals surface area (Å²) < 4.78 is 30.3. The Morgan fingerprint density at radius 3 is 1.54 bits per heavy atom. The molecule has 41 heavy (non-hydrogen) atoms. The molecule has 2 saturated carbocycles. The summed E-state index contributed by atoms with van der Waals surface area (Å²) in [6.45, 7) is 3.41. The van der Waals surface area contributed by atoms with Crippen LogP contribution in [0, 0.1) is 13.8 Å². The van der Waals surface area contributed by atoms with E-state index < -0.39 is 25.2 Å². The summed E-state index contributed by atoms with van der Waals surface area (Å²) in [5, 5.41) is 22.3. The minimum Gasteiger partial charge on any atom is -0.389 e. The minimum absolute atomic E-state index is 0. The van der Waals surface area contributed by atoms with Gasteiger partial charge >= 0.3 is 0 Å². The summed E-state index contributed by atoms with van der Waals surface area (Å²) in [6, 6.07) is 16.7. The van der Waals surface area contributed by atoms with Crippen LogP contribution in [0.2, 0.25) is 0 Å². The van der Waals surface area contributed by atoms with E-state index in [1.54, 1.807) is 11.9 Å². The van der Waals surface area contributed by atoms with E-state index in [0.717, 1.165) is 67.4 Å². The summed E-state index contributed by atoms with van der Waals surface area (Å²) in [5.74, 6) is -0.0156. The SMILES string of the molecule is C.C.Cl.[2H]C([2H])N(C)CC(c1ccc(C)cc1)C1(O)CCCCC1.[2H]C([2H])[NH+](C)C[C@@H](c1ccc(C)cc1)C1(O)CCCCC1. The molecule has 0 aliphatic heterocycles. The summed E-state index contributed by atoms with van der Waals surface area (Å²) in [7, 11) is 3.66. The molecule has 2 fully saturated rings. The molecular formula is C36H64ClN2O2+. The van der Waals surface area contributed by atoms with Crippen molar-refractivity contribution in [2.24, 2.45) is 0 Å². The Bertz CT molecular complexity index is 974. The van der Waals surface area contributed by atoms with Crippen LogP contribution in [0.4, 0.5) is 0 Å². The topological polar surface area (TPSA) is 48.1 Å². The first kappa shape index (κ1) is 32.5. The number of hydrogen-bond donors (Lipinski definition) is 3. The van der Waals surface area contributed by atoms with Gasteiger partial charge in [-0.2, -0.15) is 0 Å². The second-order valence-electron chi connectivity index (χ2n) is 12.2. The highest BCUT2D eigenvalue weighted by Crippen LogP contribution is 2.41. The molecule has 2 aromatic rings. The Hall–Kier alpha value is -1.43. The van der Waals surface area contributed by atoms with Crippen molar-refractivity contribution in [1.82, 2.24) is 4.90 Å². The van der Waals surface area contributed by atoms with Crippen molar-refractivity contribution in [1.29, 1.82) is 0 Å². The third-order valence-electron chi connectivity index (χ3n) is 8.69. The molecule has 4 nitrogen and oxygen atoms in total. The molecule has 0 amide bonds. The van der Waals surface area contributed by atoms with Crippen molar-refractivity contribution in [2.75, 3.05) is 41.2 Å². The number of halogens is 1. The summed E-state index contributed by atoms with van der Waals surface area (Å²) in [4.78, 5) is 2.52. The van der Waals surface area contributed by atoms with Gasteiger partial charge < -0.3 is 20.0 Å². The monoisotopic (exact) mass is 595 g/mol. The molecule has 0 heterocycles. The number of nitrogens with one attached hydrogen (secondary N) is 1. The molecule has 4 rings (SSSR count). The number of nitrogens with zero attached hydrogens (tertiary/aromatic N) is 1. The fourth-order valence-electron chi connectivity index (χ4n) is 6.44. The van der Waals surface area contributed by atoms with Crippen molar-refractivity contribution < 1.29 is 20.6 Å². The van der Waals surface area contributed by atoms with E-state index in [1.165, 1.54) is 24.0 Å². The van der Waals surface area contributed by atoms with Crippen LogP contribution in [0.3, 0.4) is 0 Å². The molecule has 2 unspecified atom stereocenters. The molecule has 2 aliphatic rings. The number of aryl methyl sites for hydroxylation is 2. The van der Waals surface area contributed by atoms with Crippen LogP contribution < -0.4 is 4.90 Å². The first-order chi connectivity index (χ1) is 19.8. The Balaban J connectivity index is 0.000000807. The van der Waals surface area contributed by atoms with E-state index in [-0.39, 0.29) is 39.1 Å². The second kappa shape index (κ2) is 18.3. The maximum Gasteiger partial charge on any atom is 0.0886 e. The van der Waals surface area contributed by atoms with E-state index in [9.17, 15) is 10.2 Å². The number of likely N-dealkylation sites (N-methyl/N-ethyl adjacent to an activating group) is 2. The molecule has 5 heteroatoms. The Labute approximate surface area is 265 Å². The lowest BCUT2D eigenvalue weighted by atomic mass is 9.72. The van der Waals surface area contributed by atoms with Crippen molar-refractivity contribution in [3.8, 4) is 0 Å². The fourth-order valence-corrected chi connectivity index (χ4v) is 6.44.